The maximum Gasteiger partial charge on any atom is 0.161 e. The third-order valence-corrected chi connectivity index (χ3v) is 9.03. The zero-order valence-electron chi connectivity index (χ0n) is 16.2. The maximum atomic E-state index is 12.3. The molecule has 0 aromatic heterocycles. The molecule has 0 aromatic carbocycles. The van der Waals surface area contributed by atoms with Gasteiger partial charge in [-0.25, -0.2) is 0 Å². The molecule has 3 heteroatoms. The van der Waals surface area contributed by atoms with Crippen LogP contribution in [-0.2, 0) is 9.59 Å². The molecular formula is C22H32O3. The lowest BCUT2D eigenvalue weighted by atomic mass is 9.46. The van der Waals surface area contributed by atoms with E-state index in [1.807, 2.05) is 0 Å². The van der Waals surface area contributed by atoms with Crippen LogP contribution >= 0.6 is 0 Å². The third kappa shape index (κ3) is 2.08. The molecule has 0 aliphatic heterocycles. The minimum Gasteiger partial charge on any atom is -0.382 e. The van der Waals surface area contributed by atoms with Crippen LogP contribution in [0, 0.1) is 28.6 Å². The van der Waals surface area contributed by atoms with E-state index in [0.29, 0.717) is 36.4 Å². The zero-order valence-corrected chi connectivity index (χ0v) is 16.2. The Bertz CT molecular complexity index is 677. The van der Waals surface area contributed by atoms with Gasteiger partial charge < -0.3 is 5.11 Å². The van der Waals surface area contributed by atoms with Crippen molar-refractivity contribution in [2.75, 3.05) is 0 Å². The molecule has 0 saturated heterocycles. The first-order valence-corrected chi connectivity index (χ1v) is 10.1. The lowest BCUT2D eigenvalue weighted by molar-refractivity contribution is -0.159. The fourth-order valence-corrected chi connectivity index (χ4v) is 7.52. The summed E-state index contributed by atoms with van der Waals surface area (Å²) in [6.45, 7) is 8.35. The number of rotatable bonds is 1. The minimum absolute atomic E-state index is 0.0470. The van der Waals surface area contributed by atoms with E-state index in [4.69, 9.17) is 0 Å². The molecule has 0 radical (unpaired) electrons. The van der Waals surface area contributed by atoms with Crippen LogP contribution in [0.2, 0.25) is 0 Å². The van der Waals surface area contributed by atoms with Gasteiger partial charge in [0.15, 0.2) is 5.78 Å². The van der Waals surface area contributed by atoms with Gasteiger partial charge in [0.2, 0.25) is 0 Å². The Labute approximate surface area is 151 Å². The number of ketones is 2. The summed E-state index contributed by atoms with van der Waals surface area (Å²) in [6, 6.07) is 0. The van der Waals surface area contributed by atoms with E-state index in [1.54, 1.807) is 6.92 Å². The zero-order chi connectivity index (χ0) is 18.2. The molecule has 25 heavy (non-hydrogen) atoms. The van der Waals surface area contributed by atoms with E-state index in [9.17, 15) is 14.7 Å². The molecule has 0 heterocycles. The van der Waals surface area contributed by atoms with Gasteiger partial charge in [0.1, 0.15) is 11.4 Å². The number of hydrogen-bond acceptors (Lipinski definition) is 3. The van der Waals surface area contributed by atoms with Crippen molar-refractivity contribution in [2.45, 2.75) is 84.7 Å². The van der Waals surface area contributed by atoms with Crippen LogP contribution in [0.4, 0.5) is 0 Å². The van der Waals surface area contributed by atoms with E-state index >= 15 is 0 Å². The Morgan fingerprint density at radius 2 is 1.80 bits per heavy atom. The van der Waals surface area contributed by atoms with Crippen LogP contribution in [-0.4, -0.2) is 22.3 Å². The number of fused-ring (bicyclic) bond motifs is 5. The van der Waals surface area contributed by atoms with Crippen molar-refractivity contribution >= 4 is 11.6 Å². The van der Waals surface area contributed by atoms with Crippen molar-refractivity contribution in [1.29, 1.82) is 0 Å². The average Bonchev–Trinajstić information content (AvgIpc) is 2.83. The molecule has 138 valence electrons. The highest BCUT2D eigenvalue weighted by Crippen LogP contribution is 2.67. The molecule has 4 aliphatic rings. The summed E-state index contributed by atoms with van der Waals surface area (Å²) in [6.07, 6.45) is 7.01. The Balaban J connectivity index is 1.75. The van der Waals surface area contributed by atoms with Gasteiger partial charge in [0.05, 0.1) is 0 Å². The van der Waals surface area contributed by atoms with Crippen LogP contribution in [0.1, 0.15) is 79.1 Å². The minimum atomic E-state index is -1.13. The van der Waals surface area contributed by atoms with E-state index in [-0.39, 0.29) is 16.6 Å². The second kappa shape index (κ2) is 5.28. The normalized spacial score (nSPS) is 49.5. The van der Waals surface area contributed by atoms with Gasteiger partial charge in [-0.15, -0.1) is 0 Å². The van der Waals surface area contributed by atoms with Gasteiger partial charge in [-0.05, 0) is 75.5 Å². The summed E-state index contributed by atoms with van der Waals surface area (Å²) in [4.78, 5) is 24.3. The number of aliphatic hydroxyl groups is 1. The van der Waals surface area contributed by atoms with Crippen LogP contribution in [0.15, 0.2) is 11.1 Å². The molecule has 3 saturated carbocycles. The fourth-order valence-electron chi connectivity index (χ4n) is 7.52. The first-order valence-electron chi connectivity index (χ1n) is 10.1. The predicted molar refractivity (Wildman–Crippen MR) is 97.0 cm³/mol. The SMILES string of the molecule is CC(=O)[C@@]1(O)CC[C@H]2[C@@H]3CC(C)=C4CC(=O)CC[C@]4(C)[C@H]3CC[C@@]21C. The van der Waals surface area contributed by atoms with Crippen LogP contribution in [0.25, 0.3) is 0 Å². The lowest BCUT2D eigenvalue weighted by Crippen LogP contribution is -2.57. The second-order valence-corrected chi connectivity index (χ2v) is 9.88. The summed E-state index contributed by atoms with van der Waals surface area (Å²) >= 11 is 0. The van der Waals surface area contributed by atoms with Gasteiger partial charge >= 0.3 is 0 Å². The summed E-state index contributed by atoms with van der Waals surface area (Å²) in [5.74, 6) is 1.93. The average molecular weight is 344 g/mol. The van der Waals surface area contributed by atoms with Gasteiger partial charge in [0, 0.05) is 18.3 Å². The highest BCUT2D eigenvalue weighted by Gasteiger charge is 2.65. The molecule has 6 atom stereocenters. The first-order chi connectivity index (χ1) is 11.6. The maximum absolute atomic E-state index is 12.3. The van der Waals surface area contributed by atoms with Crippen molar-refractivity contribution in [3.63, 3.8) is 0 Å². The van der Waals surface area contributed by atoms with Gasteiger partial charge in [-0.2, -0.15) is 0 Å². The number of allylic oxidation sites excluding steroid dienone is 2. The molecule has 3 fully saturated rings. The topological polar surface area (TPSA) is 54.4 Å². The number of Topliss-reactive ketones (excluding diaryl/α,β-unsaturated/α-hetero) is 2. The molecule has 4 aliphatic carbocycles. The Morgan fingerprint density at radius 1 is 1.12 bits per heavy atom. The predicted octanol–water partition coefficient (Wildman–Crippen LogP) is 4.23. The van der Waals surface area contributed by atoms with Gasteiger partial charge in [0.25, 0.3) is 0 Å². The van der Waals surface area contributed by atoms with E-state index in [2.05, 4.69) is 20.8 Å². The molecule has 0 spiro atoms. The first kappa shape index (κ1) is 17.5. The molecule has 0 amide bonds. The summed E-state index contributed by atoms with van der Waals surface area (Å²) in [7, 11) is 0. The Hall–Kier alpha value is -0.960. The Kier molecular flexibility index (Phi) is 3.69. The summed E-state index contributed by atoms with van der Waals surface area (Å²) in [5, 5.41) is 11.2. The summed E-state index contributed by atoms with van der Waals surface area (Å²) < 4.78 is 0. The largest absolute Gasteiger partial charge is 0.382 e. The van der Waals surface area contributed by atoms with E-state index in [1.165, 1.54) is 11.1 Å². The molecule has 3 nitrogen and oxygen atoms in total. The quantitative estimate of drug-likeness (QED) is 0.724. The molecule has 0 unspecified atom stereocenters. The Morgan fingerprint density at radius 3 is 2.48 bits per heavy atom. The lowest BCUT2D eigenvalue weighted by Gasteiger charge is -2.59. The van der Waals surface area contributed by atoms with E-state index in [0.717, 1.165) is 38.5 Å². The molecule has 0 aromatic rings. The monoisotopic (exact) mass is 344 g/mol. The van der Waals surface area contributed by atoms with Crippen molar-refractivity contribution in [2.24, 2.45) is 28.6 Å². The third-order valence-electron chi connectivity index (χ3n) is 9.03. The van der Waals surface area contributed by atoms with Gasteiger partial charge in [-0.1, -0.05) is 25.0 Å². The van der Waals surface area contributed by atoms with Crippen molar-refractivity contribution < 1.29 is 14.7 Å². The number of carbonyl (C=O) groups excluding carboxylic acids is 2. The number of hydrogen-bond donors (Lipinski definition) is 1. The fraction of sp³-hybridized carbons (Fsp3) is 0.818. The standard InChI is InChI=1S/C22H32O3/c1-13-11-16-17(20(3)8-5-15(24)12-19(13)20)6-9-21(4)18(16)7-10-22(21,25)14(2)23/h16-18,25H,5-12H2,1-4H3/t16-,17+,18+,20-,21+,22+/m1/s1. The highest BCUT2D eigenvalue weighted by molar-refractivity contribution is 5.86. The van der Waals surface area contributed by atoms with E-state index < -0.39 is 5.60 Å². The molecular weight excluding hydrogens is 312 g/mol. The van der Waals surface area contributed by atoms with Crippen molar-refractivity contribution in [1.82, 2.24) is 0 Å². The summed E-state index contributed by atoms with van der Waals surface area (Å²) in [5.41, 5.74) is 1.58. The molecule has 0 bridgehead atoms. The van der Waals surface area contributed by atoms with Crippen molar-refractivity contribution in [3.05, 3.63) is 11.1 Å². The smallest absolute Gasteiger partial charge is 0.161 e. The van der Waals surface area contributed by atoms with Gasteiger partial charge in [-0.3, -0.25) is 9.59 Å². The van der Waals surface area contributed by atoms with Crippen LogP contribution in [0.3, 0.4) is 0 Å². The number of carbonyl (C=O) groups is 2. The van der Waals surface area contributed by atoms with Crippen LogP contribution < -0.4 is 0 Å². The van der Waals surface area contributed by atoms with Crippen LogP contribution in [0.5, 0.6) is 0 Å². The molecule has 1 N–H and O–H groups in total. The molecule has 4 rings (SSSR count). The highest BCUT2D eigenvalue weighted by atomic mass is 16.3. The van der Waals surface area contributed by atoms with Crippen molar-refractivity contribution in [3.8, 4) is 0 Å². The second-order valence-electron chi connectivity index (χ2n) is 9.88.